The van der Waals surface area contributed by atoms with Gasteiger partial charge in [0.25, 0.3) is 15.6 Å². The van der Waals surface area contributed by atoms with Crippen LogP contribution in [0.5, 0.6) is 5.75 Å². The second-order valence-corrected chi connectivity index (χ2v) is 9.29. The number of hydrogen-bond acceptors (Lipinski definition) is 7. The molecule has 0 aliphatic heterocycles. The Morgan fingerprint density at radius 1 is 1.03 bits per heavy atom. The van der Waals surface area contributed by atoms with Gasteiger partial charge in [-0.3, -0.25) is 9.52 Å². The fourth-order valence-electron chi connectivity index (χ4n) is 3.35. The molecule has 9 nitrogen and oxygen atoms in total. The third-order valence-electron chi connectivity index (χ3n) is 5.12. The highest BCUT2D eigenvalue weighted by molar-refractivity contribution is 7.92. The first kappa shape index (κ1) is 24.0. The Balaban J connectivity index is 1.43. The van der Waals surface area contributed by atoms with Crippen molar-refractivity contribution in [1.29, 1.82) is 0 Å². The fourth-order valence-corrected chi connectivity index (χ4v) is 4.41. The molecule has 0 unspecified atom stereocenters. The number of para-hydroxylation sites is 1. The summed E-state index contributed by atoms with van der Waals surface area (Å²) < 4.78 is 38.5. The first-order valence-corrected chi connectivity index (χ1v) is 12.3. The number of H-pyrrole nitrogens is 1. The summed E-state index contributed by atoms with van der Waals surface area (Å²) in [7, 11) is -3.82. The van der Waals surface area contributed by atoms with Crippen molar-refractivity contribution in [2.45, 2.75) is 24.8 Å². The van der Waals surface area contributed by atoms with Gasteiger partial charge in [0.15, 0.2) is 11.9 Å². The second kappa shape index (κ2) is 9.98. The molecule has 4 aromatic rings. The molecule has 0 aliphatic carbocycles. The normalized spacial score (nSPS) is 12.2. The highest BCUT2D eigenvalue weighted by Crippen LogP contribution is 2.21. The maximum Gasteiger partial charge on any atom is 0.338 e. The van der Waals surface area contributed by atoms with Crippen LogP contribution in [0.25, 0.3) is 10.9 Å². The van der Waals surface area contributed by atoms with E-state index in [0.29, 0.717) is 23.3 Å². The largest absolute Gasteiger partial charge is 0.494 e. The van der Waals surface area contributed by atoms with E-state index in [0.717, 1.165) is 0 Å². The van der Waals surface area contributed by atoms with Gasteiger partial charge in [-0.15, -0.1) is 0 Å². The lowest BCUT2D eigenvalue weighted by Gasteiger charge is -2.13. The maximum atomic E-state index is 12.6. The summed E-state index contributed by atoms with van der Waals surface area (Å²) in [5.74, 6) is 0.155. The molecule has 0 amide bonds. The number of carbonyl (C=O) groups excluding carboxylic acids is 1. The van der Waals surface area contributed by atoms with Crippen LogP contribution < -0.4 is 15.0 Å². The molecule has 0 radical (unpaired) electrons. The van der Waals surface area contributed by atoms with Gasteiger partial charge in [0.1, 0.15) is 5.75 Å². The molecule has 10 heteroatoms. The predicted molar refractivity (Wildman–Crippen MR) is 131 cm³/mol. The number of hydrogen-bond donors (Lipinski definition) is 2. The van der Waals surface area contributed by atoms with Crippen LogP contribution in [0.3, 0.4) is 0 Å². The van der Waals surface area contributed by atoms with Crippen LogP contribution in [0.1, 0.15) is 36.1 Å². The first-order valence-electron chi connectivity index (χ1n) is 10.8. The molecule has 1 atom stereocenters. The number of fused-ring (bicyclic) bond motifs is 1. The van der Waals surface area contributed by atoms with Gasteiger partial charge in [0.2, 0.25) is 0 Å². The standard InChI is InChI=1S/C25H23N3O6S/c1-3-33-19-12-14-20(15-13-19)35(31,32)28-18-10-8-17(9-11-18)25(30)34-16(2)23-26-22-7-5-4-6-21(22)24(29)27-23/h4-16,28H,3H2,1-2H3,(H,26,27,29)/t16-/m0/s1. The van der Waals surface area contributed by atoms with Crippen LogP contribution in [0.2, 0.25) is 0 Å². The second-order valence-electron chi connectivity index (χ2n) is 7.60. The van der Waals surface area contributed by atoms with Gasteiger partial charge < -0.3 is 14.5 Å². The molecule has 180 valence electrons. The lowest BCUT2D eigenvalue weighted by atomic mass is 10.2. The SMILES string of the molecule is CCOc1ccc(S(=O)(=O)Nc2ccc(C(=O)O[C@@H](C)c3nc4ccccc4c(=O)[nH]3)cc2)cc1. The average molecular weight is 494 g/mol. The minimum atomic E-state index is -3.82. The number of sulfonamides is 1. The Morgan fingerprint density at radius 2 is 1.71 bits per heavy atom. The number of aromatic amines is 1. The Kier molecular flexibility index (Phi) is 6.83. The van der Waals surface area contributed by atoms with E-state index in [1.807, 2.05) is 6.92 Å². The molecule has 1 aromatic heterocycles. The number of esters is 1. The van der Waals surface area contributed by atoms with E-state index in [2.05, 4.69) is 14.7 Å². The minimum absolute atomic E-state index is 0.0788. The topological polar surface area (TPSA) is 127 Å². The van der Waals surface area contributed by atoms with Gasteiger partial charge >= 0.3 is 5.97 Å². The minimum Gasteiger partial charge on any atom is -0.494 e. The van der Waals surface area contributed by atoms with E-state index >= 15 is 0 Å². The van der Waals surface area contributed by atoms with Gasteiger partial charge in [-0.05, 0) is 74.5 Å². The van der Waals surface area contributed by atoms with Crippen LogP contribution in [0.15, 0.2) is 82.5 Å². The number of aromatic nitrogens is 2. The van der Waals surface area contributed by atoms with Crippen molar-refractivity contribution in [2.24, 2.45) is 0 Å². The lowest BCUT2D eigenvalue weighted by molar-refractivity contribution is 0.0320. The first-order chi connectivity index (χ1) is 16.8. The zero-order valence-electron chi connectivity index (χ0n) is 19.0. The van der Waals surface area contributed by atoms with E-state index in [1.165, 1.54) is 36.4 Å². The molecule has 0 aliphatic rings. The summed E-state index contributed by atoms with van der Waals surface area (Å²) in [5.41, 5.74) is 0.670. The van der Waals surface area contributed by atoms with Gasteiger partial charge in [0, 0.05) is 5.69 Å². The molecule has 2 N–H and O–H groups in total. The third kappa shape index (κ3) is 5.49. The van der Waals surface area contributed by atoms with Crippen molar-refractivity contribution in [3.05, 3.63) is 94.5 Å². The van der Waals surface area contributed by atoms with E-state index in [1.54, 1.807) is 43.3 Å². The smallest absolute Gasteiger partial charge is 0.338 e. The maximum absolute atomic E-state index is 12.6. The monoisotopic (exact) mass is 493 g/mol. The van der Waals surface area contributed by atoms with E-state index in [-0.39, 0.29) is 27.5 Å². The molecule has 0 saturated heterocycles. The fraction of sp³-hybridized carbons (Fsp3) is 0.160. The zero-order chi connectivity index (χ0) is 25.0. The number of nitrogens with one attached hydrogen (secondary N) is 2. The molecule has 1 heterocycles. The number of anilines is 1. The summed E-state index contributed by atoms with van der Waals surface area (Å²) >= 11 is 0. The summed E-state index contributed by atoms with van der Waals surface area (Å²) in [5, 5.41) is 0.443. The number of nitrogens with zero attached hydrogens (tertiary/aromatic N) is 1. The van der Waals surface area contributed by atoms with Crippen molar-refractivity contribution in [3.8, 4) is 5.75 Å². The van der Waals surface area contributed by atoms with E-state index in [9.17, 15) is 18.0 Å². The highest BCUT2D eigenvalue weighted by Gasteiger charge is 2.18. The van der Waals surface area contributed by atoms with Crippen molar-refractivity contribution in [3.63, 3.8) is 0 Å². The predicted octanol–water partition coefficient (Wildman–Crippen LogP) is 4.04. The summed E-state index contributed by atoms with van der Waals surface area (Å²) in [6, 6.07) is 18.7. The molecule has 4 rings (SSSR count). The highest BCUT2D eigenvalue weighted by atomic mass is 32.2. The number of benzene rings is 3. The van der Waals surface area contributed by atoms with Crippen LogP contribution in [0.4, 0.5) is 5.69 Å². The van der Waals surface area contributed by atoms with Crippen molar-refractivity contribution in [2.75, 3.05) is 11.3 Å². The molecule has 0 saturated carbocycles. The molecule has 35 heavy (non-hydrogen) atoms. The van der Waals surface area contributed by atoms with Crippen LogP contribution >= 0.6 is 0 Å². The Morgan fingerprint density at radius 3 is 2.40 bits per heavy atom. The Bertz CT molecular complexity index is 1510. The van der Waals surface area contributed by atoms with Crippen molar-refractivity contribution < 1.29 is 22.7 Å². The number of carbonyl (C=O) groups is 1. The third-order valence-corrected chi connectivity index (χ3v) is 6.52. The van der Waals surface area contributed by atoms with Crippen LogP contribution in [-0.4, -0.2) is 31.0 Å². The van der Waals surface area contributed by atoms with Gasteiger partial charge in [-0.2, -0.15) is 0 Å². The van der Waals surface area contributed by atoms with Crippen LogP contribution in [0, 0.1) is 0 Å². The van der Waals surface area contributed by atoms with Gasteiger partial charge in [0.05, 0.1) is 28.0 Å². The summed E-state index contributed by atoms with van der Waals surface area (Å²) in [6.45, 7) is 3.92. The number of ether oxygens (including phenoxy) is 2. The van der Waals surface area contributed by atoms with E-state index in [4.69, 9.17) is 9.47 Å². The van der Waals surface area contributed by atoms with Crippen molar-refractivity contribution >= 4 is 32.6 Å². The van der Waals surface area contributed by atoms with Crippen LogP contribution in [-0.2, 0) is 14.8 Å². The van der Waals surface area contributed by atoms with Gasteiger partial charge in [-0.25, -0.2) is 18.2 Å². The molecule has 0 spiro atoms. The summed E-state index contributed by atoms with van der Waals surface area (Å²) in [6.07, 6.45) is -0.808. The molecular weight excluding hydrogens is 470 g/mol. The Hall–Kier alpha value is -4.18. The summed E-state index contributed by atoms with van der Waals surface area (Å²) in [4.78, 5) is 31.9. The van der Waals surface area contributed by atoms with E-state index < -0.39 is 22.1 Å². The molecule has 0 fully saturated rings. The number of rotatable bonds is 8. The van der Waals surface area contributed by atoms with Gasteiger partial charge in [-0.1, -0.05) is 12.1 Å². The van der Waals surface area contributed by atoms with Crippen molar-refractivity contribution in [1.82, 2.24) is 9.97 Å². The quantitative estimate of drug-likeness (QED) is 0.355. The average Bonchev–Trinajstić information content (AvgIpc) is 2.85. The molecule has 3 aromatic carbocycles. The molecule has 0 bridgehead atoms. The Labute approximate surface area is 201 Å². The molecular formula is C25H23N3O6S. The zero-order valence-corrected chi connectivity index (χ0v) is 19.8. The lowest BCUT2D eigenvalue weighted by Crippen LogP contribution is -2.17.